The first kappa shape index (κ1) is 17.4. The Labute approximate surface area is 160 Å². The lowest BCUT2D eigenvalue weighted by Crippen LogP contribution is -2.32. The first-order valence-electron chi connectivity index (χ1n) is 9.37. The van der Waals surface area contributed by atoms with E-state index < -0.39 is 0 Å². The highest BCUT2D eigenvalue weighted by Crippen LogP contribution is 2.46. The Balaban J connectivity index is 1.92. The van der Waals surface area contributed by atoms with Crippen molar-refractivity contribution >= 4 is 34.0 Å². The van der Waals surface area contributed by atoms with Crippen molar-refractivity contribution in [1.29, 1.82) is 0 Å². The average molecular weight is 354 g/mol. The fourth-order valence-corrected chi connectivity index (χ4v) is 4.46. The summed E-state index contributed by atoms with van der Waals surface area (Å²) in [5.74, 6) is 0.206. The number of benzene rings is 3. The van der Waals surface area contributed by atoms with Crippen LogP contribution < -0.4 is 0 Å². The third kappa shape index (κ3) is 2.91. The molecule has 0 amide bonds. The van der Waals surface area contributed by atoms with Crippen LogP contribution in [0.3, 0.4) is 0 Å². The lowest BCUT2D eigenvalue weighted by atomic mass is 9.73. The van der Waals surface area contributed by atoms with Gasteiger partial charge in [-0.15, -0.1) is 0 Å². The van der Waals surface area contributed by atoms with E-state index in [1.54, 1.807) is 6.92 Å². The number of carbonyl (C=O) groups excluding carboxylic acids is 1. The van der Waals surface area contributed by atoms with Gasteiger partial charge < -0.3 is 0 Å². The summed E-state index contributed by atoms with van der Waals surface area (Å²) in [5.41, 5.74) is 4.41. The highest BCUT2D eigenvalue weighted by Gasteiger charge is 2.48. The second kappa shape index (κ2) is 6.62. The van der Waals surface area contributed by atoms with Gasteiger partial charge >= 0.3 is 0 Å². The Hall–Kier alpha value is -3.00. The van der Waals surface area contributed by atoms with E-state index in [-0.39, 0.29) is 11.2 Å². The lowest BCUT2D eigenvalue weighted by Gasteiger charge is -2.22. The normalized spacial score (nSPS) is 19.1. The van der Waals surface area contributed by atoms with Gasteiger partial charge in [0.15, 0.2) is 5.71 Å². The summed E-state index contributed by atoms with van der Waals surface area (Å²) < 4.78 is 2.24. The van der Waals surface area contributed by atoms with Crippen LogP contribution in [0.5, 0.6) is 0 Å². The van der Waals surface area contributed by atoms with Crippen LogP contribution in [-0.2, 0) is 10.2 Å². The van der Waals surface area contributed by atoms with Gasteiger partial charge in [0.05, 0.1) is 5.41 Å². The van der Waals surface area contributed by atoms with Gasteiger partial charge in [-0.05, 0) is 42.3 Å². The van der Waals surface area contributed by atoms with Crippen LogP contribution in [-0.4, -0.2) is 23.1 Å². The van der Waals surface area contributed by atoms with E-state index in [1.807, 2.05) is 18.2 Å². The number of carbonyl (C=O) groups is 1. The zero-order valence-corrected chi connectivity index (χ0v) is 16.1. The van der Waals surface area contributed by atoms with Crippen molar-refractivity contribution in [2.24, 2.45) is 0 Å². The molecule has 2 heteroatoms. The fraction of sp³-hybridized carbons (Fsp3) is 0.200. The molecule has 0 aliphatic carbocycles. The van der Waals surface area contributed by atoms with Gasteiger partial charge in [-0.25, -0.2) is 0 Å². The molecule has 1 aliphatic heterocycles. The molecule has 0 fully saturated rings. The minimum absolute atomic E-state index is 0.206. The van der Waals surface area contributed by atoms with Gasteiger partial charge in [-0.3, -0.25) is 4.79 Å². The summed E-state index contributed by atoms with van der Waals surface area (Å²) in [7, 11) is 2.10. The monoisotopic (exact) mass is 354 g/mol. The highest BCUT2D eigenvalue weighted by atomic mass is 16.1. The molecular formula is C25H24NO+. The van der Waals surface area contributed by atoms with Crippen molar-refractivity contribution in [3.63, 3.8) is 0 Å². The Kier molecular flexibility index (Phi) is 4.27. The van der Waals surface area contributed by atoms with Gasteiger partial charge in [0, 0.05) is 24.1 Å². The zero-order chi connectivity index (χ0) is 19.0. The van der Waals surface area contributed by atoms with E-state index in [1.165, 1.54) is 22.0 Å². The third-order valence-electron chi connectivity index (χ3n) is 5.58. The first-order valence-corrected chi connectivity index (χ1v) is 9.37. The molecule has 3 aromatic rings. The van der Waals surface area contributed by atoms with Crippen LogP contribution in [0.2, 0.25) is 0 Å². The van der Waals surface area contributed by atoms with Crippen LogP contribution in [0.15, 0.2) is 72.8 Å². The van der Waals surface area contributed by atoms with E-state index in [2.05, 4.69) is 79.2 Å². The smallest absolute Gasteiger partial charge is 0.210 e. The predicted octanol–water partition coefficient (Wildman–Crippen LogP) is 5.52. The molecule has 1 heterocycles. The van der Waals surface area contributed by atoms with Crippen LogP contribution in [0, 0.1) is 0 Å². The minimum Gasteiger partial charge on any atom is -0.300 e. The molecule has 0 radical (unpaired) electrons. The molecular weight excluding hydrogens is 330 g/mol. The standard InChI is InChI=1S/C25H24NO/c1-18(27)17-25(2)23(16-13-19-9-5-4-6-10-19)26(3)22-15-14-20-11-7-8-12-21(20)24(22)25/h4-16H,17H2,1-3H3/q+1/b16-13+. The van der Waals surface area contributed by atoms with E-state index in [9.17, 15) is 4.79 Å². The molecule has 1 unspecified atom stereocenters. The van der Waals surface area contributed by atoms with E-state index >= 15 is 0 Å². The molecule has 1 atom stereocenters. The maximum absolute atomic E-state index is 12.2. The van der Waals surface area contributed by atoms with Crippen molar-refractivity contribution in [2.45, 2.75) is 25.7 Å². The summed E-state index contributed by atoms with van der Waals surface area (Å²) in [6.07, 6.45) is 4.80. The number of hydrogen-bond donors (Lipinski definition) is 0. The molecule has 0 aromatic heterocycles. The summed E-state index contributed by atoms with van der Waals surface area (Å²) in [6.45, 7) is 3.89. The molecule has 4 rings (SSSR count). The molecule has 2 nitrogen and oxygen atoms in total. The Morgan fingerprint density at radius 1 is 0.963 bits per heavy atom. The Morgan fingerprint density at radius 3 is 2.41 bits per heavy atom. The van der Waals surface area contributed by atoms with Crippen molar-refractivity contribution < 1.29 is 9.37 Å². The molecule has 0 saturated heterocycles. The number of Topliss-reactive ketones (excluding diaryl/α,β-unsaturated/α-hetero) is 1. The van der Waals surface area contributed by atoms with E-state index in [0.717, 1.165) is 11.3 Å². The summed E-state index contributed by atoms with van der Waals surface area (Å²) in [5, 5.41) is 2.45. The summed E-state index contributed by atoms with van der Waals surface area (Å²) >= 11 is 0. The maximum Gasteiger partial charge on any atom is 0.210 e. The molecule has 0 saturated carbocycles. The van der Waals surface area contributed by atoms with Gasteiger partial charge in [0.2, 0.25) is 5.69 Å². The van der Waals surface area contributed by atoms with Crippen LogP contribution >= 0.6 is 0 Å². The molecule has 0 N–H and O–H groups in total. The Bertz CT molecular complexity index is 1090. The number of ketones is 1. The fourth-order valence-electron chi connectivity index (χ4n) is 4.46. The first-order chi connectivity index (χ1) is 13.0. The van der Waals surface area contributed by atoms with Crippen molar-refractivity contribution in [3.05, 3.63) is 83.9 Å². The van der Waals surface area contributed by atoms with E-state index in [0.29, 0.717) is 6.42 Å². The second-order valence-corrected chi connectivity index (χ2v) is 7.58. The second-order valence-electron chi connectivity index (χ2n) is 7.58. The SMILES string of the molecule is CC(=O)CC1(C)C(/C=C/c2ccccc2)=[N+](C)c2ccc3ccccc3c21. The highest BCUT2D eigenvalue weighted by molar-refractivity contribution is 6.11. The van der Waals surface area contributed by atoms with Crippen molar-refractivity contribution in [1.82, 2.24) is 0 Å². The molecule has 134 valence electrons. The average Bonchev–Trinajstić information content (AvgIpc) is 2.87. The van der Waals surface area contributed by atoms with Crippen molar-refractivity contribution in [2.75, 3.05) is 7.05 Å². The van der Waals surface area contributed by atoms with Crippen LogP contribution in [0.4, 0.5) is 5.69 Å². The van der Waals surface area contributed by atoms with Gasteiger partial charge in [0.1, 0.15) is 12.8 Å². The third-order valence-corrected chi connectivity index (χ3v) is 5.58. The summed E-state index contributed by atoms with van der Waals surface area (Å²) in [4.78, 5) is 12.2. The molecule has 3 aromatic carbocycles. The van der Waals surface area contributed by atoms with Gasteiger partial charge in [-0.2, -0.15) is 4.58 Å². The maximum atomic E-state index is 12.2. The predicted molar refractivity (Wildman–Crippen MR) is 113 cm³/mol. The number of nitrogens with zero attached hydrogens (tertiary/aromatic N) is 1. The minimum atomic E-state index is -0.345. The molecule has 27 heavy (non-hydrogen) atoms. The molecule has 0 bridgehead atoms. The van der Waals surface area contributed by atoms with Gasteiger partial charge in [0.25, 0.3) is 0 Å². The topological polar surface area (TPSA) is 20.1 Å². The largest absolute Gasteiger partial charge is 0.300 e. The van der Waals surface area contributed by atoms with Crippen LogP contribution in [0.1, 0.15) is 31.4 Å². The number of rotatable bonds is 4. The van der Waals surface area contributed by atoms with Crippen LogP contribution in [0.25, 0.3) is 16.8 Å². The number of hydrogen-bond acceptors (Lipinski definition) is 1. The molecule has 0 spiro atoms. The zero-order valence-electron chi connectivity index (χ0n) is 16.1. The lowest BCUT2D eigenvalue weighted by molar-refractivity contribution is -0.401. The Morgan fingerprint density at radius 2 is 1.67 bits per heavy atom. The quantitative estimate of drug-likeness (QED) is 0.565. The molecule has 1 aliphatic rings. The summed E-state index contributed by atoms with van der Waals surface area (Å²) in [6, 6.07) is 23.1. The number of allylic oxidation sites excluding steroid dienone is 1. The van der Waals surface area contributed by atoms with Crippen molar-refractivity contribution in [3.8, 4) is 0 Å². The van der Waals surface area contributed by atoms with Gasteiger partial charge in [-0.1, -0.05) is 54.6 Å². The van der Waals surface area contributed by atoms with E-state index in [4.69, 9.17) is 0 Å². The number of fused-ring (bicyclic) bond motifs is 3.